The molecule has 1 aliphatic rings. The lowest BCUT2D eigenvalue weighted by Gasteiger charge is -2.01. The number of aliphatic carboxylic acids is 1. The van der Waals surface area contributed by atoms with E-state index >= 15 is 0 Å². The van der Waals surface area contributed by atoms with Crippen LogP contribution >= 0.6 is 0 Å². The van der Waals surface area contributed by atoms with Gasteiger partial charge in [-0.3, -0.25) is 9.59 Å². The fraction of sp³-hybridized carbons (Fsp3) is 0.333. The van der Waals surface area contributed by atoms with Crippen LogP contribution in [0.1, 0.15) is 23.5 Å². The second kappa shape index (κ2) is 3.96. The van der Waals surface area contributed by atoms with Crippen LogP contribution in [0, 0.1) is 5.92 Å². The Morgan fingerprint density at radius 3 is 2.62 bits per heavy atom. The van der Waals surface area contributed by atoms with Crippen LogP contribution in [-0.2, 0) is 16.0 Å². The maximum absolute atomic E-state index is 11.0. The highest BCUT2D eigenvalue weighted by Gasteiger charge is 2.43. The molecule has 1 aromatic carbocycles. The summed E-state index contributed by atoms with van der Waals surface area (Å²) in [5.41, 5.74) is 3.65. The zero-order valence-corrected chi connectivity index (χ0v) is 8.64. The Morgan fingerprint density at radius 2 is 2.12 bits per heavy atom. The van der Waals surface area contributed by atoms with E-state index in [-0.39, 0.29) is 24.2 Å². The molecule has 4 heteroatoms. The third-order valence-electron chi connectivity index (χ3n) is 2.88. The van der Waals surface area contributed by atoms with Crippen molar-refractivity contribution in [2.24, 2.45) is 11.6 Å². The van der Waals surface area contributed by atoms with E-state index in [1.807, 2.05) is 30.0 Å². The molecule has 84 valence electrons. The first-order chi connectivity index (χ1) is 8.11. The van der Waals surface area contributed by atoms with Crippen molar-refractivity contribution in [1.82, 2.24) is 0 Å². The van der Waals surface area contributed by atoms with Crippen LogP contribution < -0.4 is 5.73 Å². The lowest BCUT2D eigenvalue weighted by molar-refractivity contribution is -0.138. The monoisotopic (exact) mass is 220 g/mol. The first kappa shape index (κ1) is 9.39. The minimum Gasteiger partial charge on any atom is -0.481 e. The van der Waals surface area contributed by atoms with E-state index in [0.717, 1.165) is 11.1 Å². The first-order valence-electron chi connectivity index (χ1n) is 5.64. The Bertz CT molecular complexity index is 444. The van der Waals surface area contributed by atoms with Gasteiger partial charge in [-0.15, -0.1) is 0 Å². The molecule has 4 nitrogen and oxygen atoms in total. The van der Waals surface area contributed by atoms with E-state index in [1.165, 1.54) is 0 Å². The summed E-state index contributed by atoms with van der Waals surface area (Å²) in [5, 5.41) is 8.82. The molecule has 1 saturated carbocycles. The standard InChI is InChI=1S/C12H13NO3/c13-11(14)5-7-1-3-8(4-2-7)9-6-10(9)12(15)16/h1-4,9-10H,5-6H2,(H2,13,14)(H,15,16)/i/hD. The molecule has 1 fully saturated rings. The van der Waals surface area contributed by atoms with Gasteiger partial charge in [0.05, 0.1) is 12.3 Å². The highest BCUT2D eigenvalue weighted by Crippen LogP contribution is 2.47. The summed E-state index contributed by atoms with van der Waals surface area (Å²) in [6.07, 6.45) is 0.874. The number of carbonyl (C=O) groups excluding carboxylic acids is 1. The fourth-order valence-electron chi connectivity index (χ4n) is 1.90. The molecule has 1 aliphatic carbocycles. The molecule has 0 radical (unpaired) electrons. The summed E-state index contributed by atoms with van der Waals surface area (Å²) in [7, 11) is 0. The SMILES string of the molecule is [2H]NC(=O)Cc1ccc(C2CC2C(=O)O)cc1. The van der Waals surface area contributed by atoms with Crippen molar-refractivity contribution in [2.75, 3.05) is 0 Å². The number of nitrogens with two attached hydrogens (primary N) is 1. The molecule has 1 amide bonds. The molecule has 3 N–H and O–H groups in total. The molecule has 2 unspecified atom stereocenters. The molecule has 0 saturated heterocycles. The lowest BCUT2D eigenvalue weighted by atomic mass is 10.0. The highest BCUT2D eigenvalue weighted by molar-refractivity contribution is 5.77. The van der Waals surface area contributed by atoms with E-state index in [4.69, 9.17) is 6.52 Å². The summed E-state index contributed by atoms with van der Waals surface area (Å²) in [6.45, 7) is 0. The number of primary amides is 1. The second-order valence-corrected chi connectivity index (χ2v) is 4.13. The molecule has 16 heavy (non-hydrogen) atoms. The third kappa shape index (κ3) is 2.21. The molecule has 0 aliphatic heterocycles. The Morgan fingerprint density at radius 1 is 1.44 bits per heavy atom. The summed E-state index contributed by atoms with van der Waals surface area (Å²) in [5.74, 6) is -1.23. The number of carbonyl (C=O) groups is 2. The number of rotatable bonds is 4. The van der Waals surface area contributed by atoms with Crippen LogP contribution in [0.15, 0.2) is 24.3 Å². The molecule has 0 heterocycles. The van der Waals surface area contributed by atoms with Crippen LogP contribution in [0.2, 0.25) is 1.41 Å². The fourth-order valence-corrected chi connectivity index (χ4v) is 1.90. The molecule has 2 atom stereocenters. The number of hydrogen-bond acceptors (Lipinski definition) is 2. The van der Waals surface area contributed by atoms with Crippen molar-refractivity contribution in [3.63, 3.8) is 0 Å². The van der Waals surface area contributed by atoms with Crippen LogP contribution in [-0.4, -0.2) is 17.0 Å². The quantitative estimate of drug-likeness (QED) is 0.791. The molecule has 0 spiro atoms. The molecule has 2 rings (SSSR count). The van der Waals surface area contributed by atoms with E-state index in [9.17, 15) is 9.59 Å². The van der Waals surface area contributed by atoms with E-state index < -0.39 is 5.97 Å². The zero-order chi connectivity index (χ0) is 12.4. The molecule has 0 aromatic heterocycles. The second-order valence-electron chi connectivity index (χ2n) is 4.13. The lowest BCUT2D eigenvalue weighted by Crippen LogP contribution is -2.13. The van der Waals surface area contributed by atoms with Gasteiger partial charge in [0.15, 0.2) is 1.41 Å². The van der Waals surface area contributed by atoms with Crippen LogP contribution in [0.3, 0.4) is 0 Å². The van der Waals surface area contributed by atoms with Crippen molar-refractivity contribution in [1.29, 1.82) is 0 Å². The Hall–Kier alpha value is -1.84. The van der Waals surface area contributed by atoms with Gasteiger partial charge in [-0.1, -0.05) is 24.3 Å². The molecule has 0 bridgehead atoms. The maximum atomic E-state index is 11.0. The predicted octanol–water partition coefficient (Wildman–Crippen LogP) is 0.903. The average Bonchev–Trinajstić information content (AvgIpc) is 3.10. The van der Waals surface area contributed by atoms with E-state index in [1.54, 1.807) is 0 Å². The Balaban J connectivity index is 1.99. The average molecular weight is 220 g/mol. The highest BCUT2D eigenvalue weighted by atomic mass is 16.4. The van der Waals surface area contributed by atoms with Crippen molar-refractivity contribution >= 4 is 11.9 Å². The van der Waals surface area contributed by atoms with E-state index in [0.29, 0.717) is 6.42 Å². The van der Waals surface area contributed by atoms with Gasteiger partial charge >= 0.3 is 5.97 Å². The molecular formula is C12H13NO3. The van der Waals surface area contributed by atoms with Crippen LogP contribution in [0.25, 0.3) is 0 Å². The Labute approximate surface area is 94.5 Å². The van der Waals surface area contributed by atoms with Gasteiger partial charge in [0.1, 0.15) is 0 Å². The topological polar surface area (TPSA) is 80.4 Å². The summed E-state index contributed by atoms with van der Waals surface area (Å²) < 4.78 is 6.69. The van der Waals surface area contributed by atoms with Gasteiger partial charge in [-0.2, -0.15) is 0 Å². The third-order valence-corrected chi connectivity index (χ3v) is 2.88. The van der Waals surface area contributed by atoms with Gasteiger partial charge in [-0.05, 0) is 23.5 Å². The number of carboxylic acids is 1. The summed E-state index contributed by atoms with van der Waals surface area (Å²) in [6, 6.07) is 7.34. The summed E-state index contributed by atoms with van der Waals surface area (Å²) >= 11 is 0. The van der Waals surface area contributed by atoms with Crippen LogP contribution in [0.4, 0.5) is 0 Å². The van der Waals surface area contributed by atoms with E-state index in [2.05, 4.69) is 0 Å². The summed E-state index contributed by atoms with van der Waals surface area (Å²) in [4.78, 5) is 21.7. The van der Waals surface area contributed by atoms with Crippen molar-refractivity contribution < 1.29 is 16.1 Å². The number of amides is 1. The first-order valence-corrected chi connectivity index (χ1v) is 5.14. The smallest absolute Gasteiger partial charge is 0.307 e. The Kier molecular flexibility index (Phi) is 2.33. The van der Waals surface area contributed by atoms with Gasteiger partial charge in [0.2, 0.25) is 5.91 Å². The molecular weight excluding hydrogens is 206 g/mol. The largest absolute Gasteiger partial charge is 0.481 e. The maximum Gasteiger partial charge on any atom is 0.307 e. The van der Waals surface area contributed by atoms with Gasteiger partial charge < -0.3 is 10.8 Å². The van der Waals surface area contributed by atoms with Crippen molar-refractivity contribution in [3.8, 4) is 0 Å². The minimum atomic E-state index is -0.743. The van der Waals surface area contributed by atoms with Gasteiger partial charge in [0, 0.05) is 0 Å². The number of benzene rings is 1. The van der Waals surface area contributed by atoms with Crippen molar-refractivity contribution in [2.45, 2.75) is 18.8 Å². The normalized spacial score (nSPS) is 23.4. The van der Waals surface area contributed by atoms with Gasteiger partial charge in [-0.25, -0.2) is 0 Å². The van der Waals surface area contributed by atoms with Crippen molar-refractivity contribution in [3.05, 3.63) is 35.4 Å². The molecule has 1 aromatic rings. The number of carboxylic acid groups (broad SMARTS) is 1. The predicted molar refractivity (Wildman–Crippen MR) is 57.8 cm³/mol. The number of hydrogen-bond donors (Lipinski definition) is 2. The minimum absolute atomic E-state index is 0.117. The van der Waals surface area contributed by atoms with Crippen LogP contribution in [0.5, 0.6) is 0 Å². The zero-order valence-electron chi connectivity index (χ0n) is 9.64. The van der Waals surface area contributed by atoms with Gasteiger partial charge in [0.25, 0.3) is 0 Å².